The molecule has 0 atom stereocenters. The molecule has 0 heterocycles. The van der Waals surface area contributed by atoms with Crippen molar-refractivity contribution in [3.05, 3.63) is 0 Å². The number of nitrogens with zero attached hydrogens (tertiary/aromatic N) is 1. The molecule has 0 aliphatic rings. The first-order chi connectivity index (χ1) is 2.41. The predicted molar refractivity (Wildman–Crippen MR) is 19.4 cm³/mol. The van der Waals surface area contributed by atoms with Crippen LogP contribution in [-0.4, -0.2) is 15.7 Å². The van der Waals surface area contributed by atoms with Gasteiger partial charge in [-0.1, -0.05) is 0 Å². The van der Waals surface area contributed by atoms with Gasteiger partial charge in [0.15, 0.2) is 0 Å². The van der Waals surface area contributed by atoms with Crippen LogP contribution in [-0.2, 0) is 4.46 Å². The van der Waals surface area contributed by atoms with Crippen LogP contribution in [0.15, 0.2) is 4.63 Å². The second-order valence-electron chi connectivity index (χ2n) is 0.566. The van der Waals surface area contributed by atoms with Crippen LogP contribution in [0.1, 0.15) is 6.92 Å². The minimum atomic E-state index is -0.467. The van der Waals surface area contributed by atoms with Crippen molar-refractivity contribution in [2.45, 2.75) is 6.92 Å². The molecule has 0 saturated carbocycles. The van der Waals surface area contributed by atoms with Crippen molar-refractivity contribution in [1.29, 1.82) is 0 Å². The van der Waals surface area contributed by atoms with E-state index in [0.29, 0.717) is 6.54 Å². The summed E-state index contributed by atoms with van der Waals surface area (Å²) in [4.78, 5) is 0. The van der Waals surface area contributed by atoms with E-state index in [1.165, 1.54) is 0 Å². The van der Waals surface area contributed by atoms with Gasteiger partial charge in [-0.3, -0.25) is 4.63 Å². The second-order valence-corrected chi connectivity index (χ2v) is 1.06. The molecule has 0 aromatic carbocycles. The van der Waals surface area contributed by atoms with E-state index >= 15 is 0 Å². The van der Waals surface area contributed by atoms with Gasteiger partial charge in [-0.15, -0.1) is 0 Å². The number of hydrogen-bond donors (Lipinski definition) is 0. The topological polar surface area (TPSA) is 29.4 Å². The van der Waals surface area contributed by atoms with Crippen LogP contribution in [0, 0.1) is 0 Å². The lowest BCUT2D eigenvalue weighted by Gasteiger charge is -1.59. The Morgan fingerprint density at radius 2 is 2.60 bits per heavy atom. The third-order valence-electron chi connectivity index (χ3n) is 0.223. The highest BCUT2D eigenvalue weighted by molar-refractivity contribution is 6.00. The van der Waals surface area contributed by atoms with Crippen LogP contribution in [0.25, 0.3) is 0 Å². The van der Waals surface area contributed by atoms with Crippen LogP contribution in [0.3, 0.4) is 0 Å². The molecule has 0 aliphatic heterocycles. The Morgan fingerprint density at radius 1 is 2.00 bits per heavy atom. The summed E-state index contributed by atoms with van der Waals surface area (Å²) in [6.45, 7) is 2.52. The van der Waals surface area contributed by atoms with Crippen LogP contribution in [0.2, 0.25) is 0 Å². The van der Waals surface area contributed by atoms with Crippen LogP contribution >= 0.6 is 0 Å². The van der Waals surface area contributed by atoms with Gasteiger partial charge in [0.1, 0.15) is 0 Å². The highest BCUT2D eigenvalue weighted by Gasteiger charge is 1.52. The monoisotopic (exact) mass is 87.0 g/mol. The first-order valence-corrected chi connectivity index (χ1v) is 2.31. The second kappa shape index (κ2) is 3.82. The van der Waals surface area contributed by atoms with E-state index in [1.807, 2.05) is 6.92 Å². The van der Waals surface area contributed by atoms with Gasteiger partial charge in [0.25, 0.3) is 0 Å². The third kappa shape index (κ3) is 3.82. The quantitative estimate of drug-likeness (QED) is 0.421. The first-order valence-electron chi connectivity index (χ1n) is 1.45. The van der Waals surface area contributed by atoms with Crippen LogP contribution in [0.5, 0.6) is 0 Å². The molecular weight excluding hydrogens is 82.1 g/mol. The fraction of sp³-hybridized carbons (Fsp3) is 1.00. The molecule has 0 spiro atoms. The molecule has 0 rings (SSSR count). The lowest BCUT2D eigenvalue weighted by molar-refractivity contribution is 0.582. The standard InChI is InChI=1S/C2H5NOSi/c1-2-3-5-4/h2H2,1H3. The van der Waals surface area contributed by atoms with Crippen molar-refractivity contribution < 1.29 is 4.46 Å². The highest BCUT2D eigenvalue weighted by atomic mass is 28.2. The number of hydrogen-bond acceptors (Lipinski definition) is 2. The molecule has 2 nitrogen and oxygen atoms in total. The van der Waals surface area contributed by atoms with Crippen LogP contribution in [0.4, 0.5) is 0 Å². The van der Waals surface area contributed by atoms with E-state index in [0.717, 1.165) is 0 Å². The molecular formula is C2H5NOSi. The molecule has 0 saturated heterocycles. The van der Waals surface area contributed by atoms with Gasteiger partial charge in [0, 0.05) is 6.54 Å². The molecule has 0 aromatic rings. The average molecular weight is 87.2 g/mol. The lowest BCUT2D eigenvalue weighted by atomic mass is 10.8. The summed E-state index contributed by atoms with van der Waals surface area (Å²) in [6, 6.07) is 0. The van der Waals surface area contributed by atoms with Gasteiger partial charge in [0.05, 0.1) is 0 Å². The van der Waals surface area contributed by atoms with E-state index in [-0.39, 0.29) is 0 Å². The highest BCUT2D eigenvalue weighted by Crippen LogP contribution is 1.51. The molecule has 5 heavy (non-hydrogen) atoms. The predicted octanol–water partition coefficient (Wildman–Crippen LogP) is 0.240. The molecule has 3 heteroatoms. The fourth-order valence-electron chi connectivity index (χ4n) is 0.0645. The molecule has 0 radical (unpaired) electrons. The van der Waals surface area contributed by atoms with Crippen molar-refractivity contribution in [3.63, 3.8) is 0 Å². The van der Waals surface area contributed by atoms with Gasteiger partial charge in [-0.25, -0.2) is 0 Å². The van der Waals surface area contributed by atoms with E-state index in [4.69, 9.17) is 0 Å². The normalized spacial score (nSPS) is 5.80. The van der Waals surface area contributed by atoms with Crippen molar-refractivity contribution >= 4 is 9.20 Å². The molecule has 0 amide bonds. The third-order valence-corrected chi connectivity index (χ3v) is 0.668. The Balaban J connectivity index is 2.93. The lowest BCUT2D eigenvalue weighted by Crippen LogP contribution is -1.60. The molecule has 28 valence electrons. The van der Waals surface area contributed by atoms with E-state index in [2.05, 4.69) is 4.63 Å². The maximum Gasteiger partial charge on any atom is 0.388 e. The summed E-state index contributed by atoms with van der Waals surface area (Å²) in [6.07, 6.45) is 0. The van der Waals surface area contributed by atoms with Gasteiger partial charge < -0.3 is 4.46 Å². The summed E-state index contributed by atoms with van der Waals surface area (Å²) in [5.41, 5.74) is 0. The largest absolute Gasteiger partial charge is 0.388 e. The van der Waals surface area contributed by atoms with Crippen molar-refractivity contribution in [2.75, 3.05) is 6.54 Å². The summed E-state index contributed by atoms with van der Waals surface area (Å²) in [5.74, 6) is 0. The van der Waals surface area contributed by atoms with Crippen molar-refractivity contribution in [3.8, 4) is 0 Å². The summed E-state index contributed by atoms with van der Waals surface area (Å²) >= 11 is 0. The molecule has 0 N–H and O–H groups in total. The Hall–Kier alpha value is -0.183. The van der Waals surface area contributed by atoms with Crippen molar-refractivity contribution in [2.24, 2.45) is 4.63 Å². The van der Waals surface area contributed by atoms with Gasteiger partial charge >= 0.3 is 9.20 Å². The fourth-order valence-corrected chi connectivity index (χ4v) is 0.194. The Bertz CT molecular complexity index is 56.7. The van der Waals surface area contributed by atoms with Crippen molar-refractivity contribution in [1.82, 2.24) is 0 Å². The van der Waals surface area contributed by atoms with E-state index in [9.17, 15) is 4.46 Å². The number of rotatable bonds is 1. The Kier molecular flexibility index (Phi) is 3.68. The zero-order valence-corrected chi connectivity index (χ0v) is 4.06. The first kappa shape index (κ1) is 4.82. The smallest absolute Gasteiger partial charge is 0.301 e. The van der Waals surface area contributed by atoms with Gasteiger partial charge in [0.2, 0.25) is 0 Å². The molecule has 0 aliphatic carbocycles. The Labute approximate surface area is 32.8 Å². The maximum atomic E-state index is 9.39. The maximum absolute atomic E-state index is 9.39. The summed E-state index contributed by atoms with van der Waals surface area (Å²) in [5, 5.41) is 0. The summed E-state index contributed by atoms with van der Waals surface area (Å²) in [7, 11) is -0.467. The van der Waals surface area contributed by atoms with Gasteiger partial charge in [-0.2, -0.15) is 0 Å². The molecule has 0 aromatic heterocycles. The molecule has 0 bridgehead atoms. The van der Waals surface area contributed by atoms with E-state index in [1.54, 1.807) is 0 Å². The molecule has 0 fully saturated rings. The van der Waals surface area contributed by atoms with E-state index < -0.39 is 9.20 Å². The average Bonchev–Trinajstić information content (AvgIpc) is 1.41. The minimum absolute atomic E-state index is 0.467. The zero-order valence-electron chi connectivity index (χ0n) is 3.06. The summed E-state index contributed by atoms with van der Waals surface area (Å²) < 4.78 is 12.8. The Morgan fingerprint density at radius 3 is 2.60 bits per heavy atom. The minimum Gasteiger partial charge on any atom is -0.301 e. The molecule has 0 unspecified atom stereocenters. The SMILES string of the molecule is CCN=[Si]=O. The van der Waals surface area contributed by atoms with Crippen LogP contribution < -0.4 is 0 Å². The van der Waals surface area contributed by atoms with Gasteiger partial charge in [-0.05, 0) is 6.92 Å². The zero-order chi connectivity index (χ0) is 4.12.